The number of aryl methyl sites for hydroxylation is 1. The first-order valence-corrected chi connectivity index (χ1v) is 4.38. The second kappa shape index (κ2) is 4.27. The Balaban J connectivity index is 3.07. The highest BCUT2D eigenvalue weighted by Gasteiger charge is 2.17. The molecule has 0 spiro atoms. The number of hydrogen-bond acceptors (Lipinski definition) is 3. The Morgan fingerprint density at radius 2 is 2.20 bits per heavy atom. The summed E-state index contributed by atoms with van der Waals surface area (Å²) in [6.07, 6.45) is -0.375. The fraction of sp³-hybridized carbons (Fsp3) is 0.300. The molecule has 1 aromatic carbocycles. The van der Waals surface area contributed by atoms with Gasteiger partial charge in [0.1, 0.15) is 0 Å². The molecular weight excluding hydrogens is 201 g/mol. The molecule has 0 saturated carbocycles. The van der Waals surface area contributed by atoms with E-state index >= 15 is 0 Å². The average Bonchev–Trinajstić information content (AvgIpc) is 2.09. The largest absolute Gasteiger partial charge is 0.505 e. The summed E-state index contributed by atoms with van der Waals surface area (Å²) in [6.45, 7) is 1.66. The van der Waals surface area contributed by atoms with Crippen LogP contribution in [0.2, 0.25) is 0 Å². The van der Waals surface area contributed by atoms with Gasteiger partial charge in [-0.3, -0.25) is 4.79 Å². The monoisotopic (exact) mass is 213 g/mol. The summed E-state index contributed by atoms with van der Waals surface area (Å²) in [5, 5.41) is 17.7. The lowest BCUT2D eigenvalue weighted by atomic mass is 10.0. The zero-order valence-electron chi connectivity index (χ0n) is 8.20. The number of hydrogen-bond donors (Lipinski definition) is 3. The van der Waals surface area contributed by atoms with Gasteiger partial charge >= 0.3 is 5.97 Å². The van der Waals surface area contributed by atoms with Crippen LogP contribution in [-0.2, 0) is 4.79 Å². The number of phenols is 1. The van der Waals surface area contributed by atoms with Crippen molar-refractivity contribution in [3.8, 4) is 5.75 Å². The van der Waals surface area contributed by atoms with Crippen molar-refractivity contribution < 1.29 is 19.4 Å². The van der Waals surface area contributed by atoms with Gasteiger partial charge in [0, 0.05) is 11.6 Å². The van der Waals surface area contributed by atoms with Crippen molar-refractivity contribution in [3.05, 3.63) is 29.1 Å². The molecule has 0 aromatic heterocycles. The van der Waals surface area contributed by atoms with Crippen molar-refractivity contribution in [1.29, 1.82) is 0 Å². The molecule has 1 rings (SSSR count). The van der Waals surface area contributed by atoms with Gasteiger partial charge in [-0.05, 0) is 18.6 Å². The molecule has 1 unspecified atom stereocenters. The van der Waals surface area contributed by atoms with Gasteiger partial charge in [0.2, 0.25) is 0 Å². The number of carboxylic acid groups (broad SMARTS) is 1. The van der Waals surface area contributed by atoms with E-state index in [1.54, 1.807) is 6.92 Å². The summed E-state index contributed by atoms with van der Waals surface area (Å²) < 4.78 is 13.4. The molecule has 15 heavy (non-hydrogen) atoms. The van der Waals surface area contributed by atoms with Crippen molar-refractivity contribution in [2.75, 3.05) is 0 Å². The van der Waals surface area contributed by atoms with Crippen LogP contribution in [0.5, 0.6) is 5.75 Å². The number of halogens is 1. The first-order chi connectivity index (χ1) is 6.91. The van der Waals surface area contributed by atoms with E-state index in [1.807, 2.05) is 0 Å². The Bertz CT molecular complexity index is 392. The minimum atomic E-state index is -1.11. The lowest BCUT2D eigenvalue weighted by molar-refractivity contribution is -0.137. The average molecular weight is 213 g/mol. The van der Waals surface area contributed by atoms with Gasteiger partial charge in [-0.25, -0.2) is 4.39 Å². The number of carbonyl (C=O) groups is 1. The second-order valence-corrected chi connectivity index (χ2v) is 3.39. The fourth-order valence-electron chi connectivity index (χ4n) is 1.35. The third-order valence-corrected chi connectivity index (χ3v) is 2.02. The lowest BCUT2D eigenvalue weighted by Gasteiger charge is -2.12. The van der Waals surface area contributed by atoms with Crippen LogP contribution in [0.3, 0.4) is 0 Å². The molecule has 0 bridgehead atoms. The zero-order valence-corrected chi connectivity index (χ0v) is 8.20. The van der Waals surface area contributed by atoms with Crippen LogP contribution in [0, 0.1) is 12.7 Å². The summed E-state index contributed by atoms with van der Waals surface area (Å²) in [6, 6.07) is 1.74. The van der Waals surface area contributed by atoms with E-state index in [0.29, 0.717) is 5.56 Å². The minimum absolute atomic E-state index is 0.0231. The van der Waals surface area contributed by atoms with Gasteiger partial charge in [0.05, 0.1) is 6.42 Å². The molecule has 0 heterocycles. The number of benzene rings is 1. The minimum Gasteiger partial charge on any atom is -0.505 e. The quantitative estimate of drug-likeness (QED) is 0.706. The van der Waals surface area contributed by atoms with Crippen LogP contribution >= 0.6 is 0 Å². The van der Waals surface area contributed by atoms with E-state index < -0.39 is 23.6 Å². The Morgan fingerprint density at radius 3 is 2.73 bits per heavy atom. The number of carboxylic acids is 1. The van der Waals surface area contributed by atoms with E-state index in [0.717, 1.165) is 0 Å². The van der Waals surface area contributed by atoms with Crippen molar-refractivity contribution in [3.63, 3.8) is 0 Å². The molecule has 0 aliphatic rings. The Kier molecular flexibility index (Phi) is 3.26. The molecule has 0 saturated heterocycles. The maximum absolute atomic E-state index is 13.4. The normalized spacial score (nSPS) is 12.5. The molecule has 4 nitrogen and oxygen atoms in total. The van der Waals surface area contributed by atoms with Crippen molar-refractivity contribution in [1.82, 2.24) is 0 Å². The summed E-state index contributed by atoms with van der Waals surface area (Å²) in [7, 11) is 0. The zero-order chi connectivity index (χ0) is 11.6. The predicted octanol–water partition coefficient (Wildman–Crippen LogP) is 1.31. The molecule has 82 valence electrons. The molecule has 1 atom stereocenters. The smallest absolute Gasteiger partial charge is 0.305 e. The van der Waals surface area contributed by atoms with E-state index in [-0.39, 0.29) is 12.0 Å². The van der Waals surface area contributed by atoms with Gasteiger partial charge in [-0.2, -0.15) is 0 Å². The Hall–Kier alpha value is -1.62. The highest BCUT2D eigenvalue weighted by Crippen LogP contribution is 2.26. The molecule has 4 N–H and O–H groups in total. The SMILES string of the molecule is Cc1cc(O)c(F)c(C(N)CC(=O)O)c1. The van der Waals surface area contributed by atoms with Crippen LogP contribution < -0.4 is 5.73 Å². The van der Waals surface area contributed by atoms with Crippen LogP contribution in [0.4, 0.5) is 4.39 Å². The molecular formula is C10H12FNO3. The van der Waals surface area contributed by atoms with Gasteiger partial charge in [-0.1, -0.05) is 6.07 Å². The third-order valence-electron chi connectivity index (χ3n) is 2.02. The number of aromatic hydroxyl groups is 1. The number of aliphatic carboxylic acids is 1. The number of rotatable bonds is 3. The molecule has 1 aromatic rings. The highest BCUT2D eigenvalue weighted by atomic mass is 19.1. The maximum atomic E-state index is 13.4. The molecule has 0 radical (unpaired) electrons. The molecule has 0 aliphatic heterocycles. The predicted molar refractivity (Wildman–Crippen MR) is 52.0 cm³/mol. The fourth-order valence-corrected chi connectivity index (χ4v) is 1.35. The third kappa shape index (κ3) is 2.66. The van der Waals surface area contributed by atoms with Crippen LogP contribution in [-0.4, -0.2) is 16.2 Å². The van der Waals surface area contributed by atoms with Crippen molar-refractivity contribution in [2.45, 2.75) is 19.4 Å². The van der Waals surface area contributed by atoms with E-state index in [1.165, 1.54) is 12.1 Å². The topological polar surface area (TPSA) is 83.5 Å². The van der Waals surface area contributed by atoms with E-state index in [9.17, 15) is 14.3 Å². The van der Waals surface area contributed by atoms with E-state index in [2.05, 4.69) is 0 Å². The first-order valence-electron chi connectivity index (χ1n) is 4.38. The Labute approximate surface area is 86.1 Å². The maximum Gasteiger partial charge on any atom is 0.305 e. The van der Waals surface area contributed by atoms with Crippen LogP contribution in [0.1, 0.15) is 23.6 Å². The van der Waals surface area contributed by atoms with Gasteiger partial charge in [-0.15, -0.1) is 0 Å². The molecule has 5 heteroatoms. The van der Waals surface area contributed by atoms with Gasteiger partial charge < -0.3 is 15.9 Å². The highest BCUT2D eigenvalue weighted by molar-refractivity contribution is 5.68. The lowest BCUT2D eigenvalue weighted by Crippen LogP contribution is -2.16. The molecule has 0 aliphatic carbocycles. The number of nitrogens with two attached hydrogens (primary N) is 1. The van der Waals surface area contributed by atoms with Crippen molar-refractivity contribution in [2.24, 2.45) is 5.73 Å². The summed E-state index contributed by atoms with van der Waals surface area (Å²) in [5.74, 6) is -2.47. The van der Waals surface area contributed by atoms with Gasteiger partial charge in [0.25, 0.3) is 0 Å². The first kappa shape index (κ1) is 11.5. The Morgan fingerprint density at radius 1 is 1.60 bits per heavy atom. The summed E-state index contributed by atoms with van der Waals surface area (Å²) >= 11 is 0. The standard InChI is InChI=1S/C10H12FNO3/c1-5-2-6(7(12)4-9(14)15)10(11)8(13)3-5/h2-3,7,13H,4,12H2,1H3,(H,14,15). The summed E-state index contributed by atoms with van der Waals surface area (Å²) in [4.78, 5) is 10.4. The van der Waals surface area contributed by atoms with E-state index in [4.69, 9.17) is 10.8 Å². The summed E-state index contributed by atoms with van der Waals surface area (Å²) in [5.41, 5.74) is 6.16. The molecule has 0 fully saturated rings. The number of phenolic OH excluding ortho intramolecular Hbond substituents is 1. The second-order valence-electron chi connectivity index (χ2n) is 3.39. The molecule has 0 amide bonds. The van der Waals surface area contributed by atoms with Gasteiger partial charge in [0.15, 0.2) is 11.6 Å². The van der Waals surface area contributed by atoms with Crippen molar-refractivity contribution >= 4 is 5.97 Å². The van der Waals surface area contributed by atoms with Crippen LogP contribution in [0.15, 0.2) is 12.1 Å². The van der Waals surface area contributed by atoms with Crippen LogP contribution in [0.25, 0.3) is 0 Å².